The lowest BCUT2D eigenvalue weighted by atomic mass is 10.0. The second kappa shape index (κ2) is 8.14. The van der Waals surface area contributed by atoms with Gasteiger partial charge in [-0.3, -0.25) is 0 Å². The van der Waals surface area contributed by atoms with E-state index in [0.29, 0.717) is 10.5 Å². The van der Waals surface area contributed by atoms with Crippen molar-refractivity contribution in [3.63, 3.8) is 0 Å². The lowest BCUT2D eigenvalue weighted by Gasteiger charge is -2.40. The molecule has 0 unspecified atom stereocenters. The Morgan fingerprint density at radius 1 is 0.962 bits per heavy atom. The highest BCUT2D eigenvalue weighted by molar-refractivity contribution is 6.74. The SMILES string of the molecule is C[C@H](N=[N+]([O-])c1ccccc1)[C@@H](O[Si](C)(C)C(C)(C)C)c1ccccc1. The zero-order valence-electron chi connectivity index (χ0n) is 16.6. The van der Waals surface area contributed by atoms with Gasteiger partial charge in [0.05, 0.1) is 6.10 Å². The molecule has 0 radical (unpaired) electrons. The van der Waals surface area contributed by atoms with Crippen LogP contribution in [0.15, 0.2) is 65.8 Å². The van der Waals surface area contributed by atoms with Crippen molar-refractivity contribution < 1.29 is 9.29 Å². The van der Waals surface area contributed by atoms with Gasteiger partial charge in [0.2, 0.25) is 5.69 Å². The first-order valence-corrected chi connectivity index (χ1v) is 12.0. The van der Waals surface area contributed by atoms with Crippen LogP contribution in [0.1, 0.15) is 39.4 Å². The van der Waals surface area contributed by atoms with Gasteiger partial charge in [0, 0.05) is 12.1 Å². The molecule has 0 aliphatic heterocycles. The highest BCUT2D eigenvalue weighted by Gasteiger charge is 2.41. The first kappa shape index (κ1) is 20.3. The predicted octanol–water partition coefficient (Wildman–Crippen LogP) is 6.43. The molecule has 0 N–H and O–H groups in total. The van der Waals surface area contributed by atoms with Gasteiger partial charge in [-0.1, -0.05) is 74.2 Å². The minimum atomic E-state index is -2.02. The molecule has 0 saturated heterocycles. The van der Waals surface area contributed by atoms with Crippen molar-refractivity contribution in [1.29, 1.82) is 0 Å². The van der Waals surface area contributed by atoms with Gasteiger partial charge < -0.3 is 9.63 Å². The molecule has 0 bridgehead atoms. The van der Waals surface area contributed by atoms with Crippen molar-refractivity contribution in [1.82, 2.24) is 0 Å². The van der Waals surface area contributed by atoms with Crippen LogP contribution in [0.3, 0.4) is 0 Å². The first-order chi connectivity index (χ1) is 12.1. The third-order valence-corrected chi connectivity index (χ3v) is 9.51. The van der Waals surface area contributed by atoms with Gasteiger partial charge in [0.1, 0.15) is 6.04 Å². The third kappa shape index (κ3) is 5.02. The topological polar surface area (TPSA) is 47.7 Å². The van der Waals surface area contributed by atoms with E-state index < -0.39 is 8.32 Å². The molecule has 2 rings (SSSR count). The molecule has 0 aliphatic carbocycles. The average Bonchev–Trinajstić information content (AvgIpc) is 2.60. The van der Waals surface area contributed by atoms with Crippen LogP contribution in [-0.2, 0) is 4.43 Å². The third-order valence-electron chi connectivity index (χ3n) is 5.06. The molecule has 4 nitrogen and oxygen atoms in total. The van der Waals surface area contributed by atoms with E-state index in [1.54, 1.807) is 12.1 Å². The van der Waals surface area contributed by atoms with Crippen LogP contribution in [0.4, 0.5) is 5.69 Å². The summed E-state index contributed by atoms with van der Waals surface area (Å²) in [6.45, 7) is 13.0. The summed E-state index contributed by atoms with van der Waals surface area (Å²) in [6, 6.07) is 18.8. The summed E-state index contributed by atoms with van der Waals surface area (Å²) in [4.78, 5) is 0.704. The Labute approximate surface area is 158 Å². The first-order valence-electron chi connectivity index (χ1n) is 9.07. The quantitative estimate of drug-likeness (QED) is 0.254. The van der Waals surface area contributed by atoms with E-state index in [4.69, 9.17) is 4.43 Å². The Morgan fingerprint density at radius 2 is 1.46 bits per heavy atom. The summed E-state index contributed by atoms with van der Waals surface area (Å²) in [5, 5.41) is 16.9. The molecule has 0 aromatic heterocycles. The Balaban J connectivity index is 2.35. The van der Waals surface area contributed by atoms with Crippen LogP contribution in [0, 0.1) is 5.21 Å². The van der Waals surface area contributed by atoms with Crippen molar-refractivity contribution >= 4 is 14.0 Å². The molecule has 0 amide bonds. The molecule has 0 spiro atoms. The normalized spacial score (nSPS) is 15.5. The monoisotopic (exact) mass is 370 g/mol. The number of hydrogen-bond acceptors (Lipinski definition) is 3. The van der Waals surface area contributed by atoms with E-state index in [1.165, 1.54) is 0 Å². The van der Waals surface area contributed by atoms with Crippen molar-refractivity contribution in [3.8, 4) is 0 Å². The molecule has 0 heterocycles. The Morgan fingerprint density at radius 3 is 1.96 bits per heavy atom. The summed E-state index contributed by atoms with van der Waals surface area (Å²) in [7, 11) is -2.02. The molecular formula is C21H30N2O2Si. The van der Waals surface area contributed by atoms with Crippen LogP contribution in [0.2, 0.25) is 18.1 Å². The lowest BCUT2D eigenvalue weighted by Crippen LogP contribution is -2.43. The van der Waals surface area contributed by atoms with Crippen molar-refractivity contribution in [2.24, 2.45) is 5.11 Å². The van der Waals surface area contributed by atoms with E-state index in [1.807, 2.05) is 55.5 Å². The Bertz CT molecular complexity index is 725. The molecule has 26 heavy (non-hydrogen) atoms. The van der Waals surface area contributed by atoms with Crippen molar-refractivity contribution in [2.45, 2.75) is 58.0 Å². The Kier molecular flexibility index (Phi) is 6.37. The zero-order chi connectivity index (χ0) is 19.4. The summed E-state index contributed by atoms with van der Waals surface area (Å²) in [5.41, 5.74) is 1.58. The van der Waals surface area contributed by atoms with E-state index in [2.05, 4.69) is 39.0 Å². The number of benzene rings is 2. The number of hydrogen-bond donors (Lipinski definition) is 0. The van der Waals surface area contributed by atoms with Crippen LogP contribution in [0.5, 0.6) is 0 Å². The number of para-hydroxylation sites is 1. The molecule has 140 valence electrons. The second-order valence-electron chi connectivity index (χ2n) is 8.17. The molecular weight excluding hydrogens is 340 g/mol. The summed E-state index contributed by atoms with van der Waals surface area (Å²) in [6.07, 6.45) is -0.253. The standard InChI is InChI=1S/C21H30N2O2Si/c1-17(22-23(24)19-15-11-8-12-16-19)20(18-13-9-7-10-14-18)25-26(5,6)21(2,3)4/h7-17,20H,1-6H3/t17-,20+/m0/s1. The summed E-state index contributed by atoms with van der Waals surface area (Å²) < 4.78 is 6.67. The fourth-order valence-electron chi connectivity index (χ4n) is 2.43. The maximum absolute atomic E-state index is 12.5. The van der Waals surface area contributed by atoms with Gasteiger partial charge in [-0.15, -0.1) is 0 Å². The van der Waals surface area contributed by atoms with Crippen LogP contribution in [-0.4, -0.2) is 19.2 Å². The smallest absolute Gasteiger partial charge is 0.244 e. The van der Waals surface area contributed by atoms with Crippen molar-refractivity contribution in [2.75, 3.05) is 0 Å². The van der Waals surface area contributed by atoms with E-state index in [9.17, 15) is 5.21 Å². The Hall–Kier alpha value is -1.98. The second-order valence-corrected chi connectivity index (χ2v) is 12.9. The molecule has 5 heteroatoms. The maximum Gasteiger partial charge on any atom is 0.244 e. The van der Waals surface area contributed by atoms with Gasteiger partial charge in [-0.2, -0.15) is 0 Å². The number of rotatable bonds is 6. The number of azo groups is 1. The highest BCUT2D eigenvalue weighted by Crippen LogP contribution is 2.41. The summed E-state index contributed by atoms with van der Waals surface area (Å²) in [5.74, 6) is 0. The molecule has 0 fully saturated rings. The van der Waals surface area contributed by atoms with Gasteiger partial charge in [0.15, 0.2) is 8.32 Å². The zero-order valence-corrected chi connectivity index (χ0v) is 17.6. The largest absolute Gasteiger partial charge is 0.594 e. The van der Waals surface area contributed by atoms with Crippen LogP contribution in [0.25, 0.3) is 0 Å². The highest BCUT2D eigenvalue weighted by atomic mass is 28.4. The van der Waals surface area contributed by atoms with Crippen molar-refractivity contribution in [3.05, 3.63) is 71.4 Å². The van der Waals surface area contributed by atoms with Gasteiger partial charge >= 0.3 is 0 Å². The van der Waals surface area contributed by atoms with Gasteiger partial charge in [-0.05, 0) is 35.7 Å². The minimum absolute atomic E-state index is 0.0797. The minimum Gasteiger partial charge on any atom is -0.594 e. The van der Waals surface area contributed by atoms with Gasteiger partial charge in [-0.25, -0.2) is 0 Å². The maximum atomic E-state index is 12.5. The van der Waals surface area contributed by atoms with Gasteiger partial charge in [0.25, 0.3) is 0 Å². The van der Waals surface area contributed by atoms with E-state index >= 15 is 0 Å². The predicted molar refractivity (Wildman–Crippen MR) is 109 cm³/mol. The molecule has 2 atom stereocenters. The molecule has 2 aromatic rings. The van der Waals surface area contributed by atoms with E-state index in [-0.39, 0.29) is 17.2 Å². The molecule has 0 aliphatic rings. The fraction of sp³-hybridized carbons (Fsp3) is 0.429. The number of nitrogens with zero attached hydrogens (tertiary/aromatic N) is 2. The summed E-state index contributed by atoms with van der Waals surface area (Å²) >= 11 is 0. The molecule has 2 aromatic carbocycles. The average molecular weight is 371 g/mol. The van der Waals surface area contributed by atoms with E-state index in [0.717, 1.165) is 5.56 Å². The fourth-order valence-corrected chi connectivity index (χ4v) is 3.75. The van der Waals surface area contributed by atoms with Crippen LogP contribution < -0.4 is 0 Å². The molecule has 0 saturated carbocycles. The lowest BCUT2D eigenvalue weighted by molar-refractivity contribution is -0.447. The van der Waals surface area contributed by atoms with Crippen LogP contribution >= 0.6 is 0 Å².